The number of sulfonamides is 1. The van der Waals surface area contributed by atoms with E-state index in [9.17, 15) is 34.8 Å². The van der Waals surface area contributed by atoms with E-state index in [2.05, 4.69) is 4.98 Å². The number of nitrogens with zero attached hydrogens (tertiary/aromatic N) is 2. The topological polar surface area (TPSA) is 50.3 Å². The molecule has 1 aromatic heterocycles. The van der Waals surface area contributed by atoms with Crippen LogP contribution in [-0.4, -0.2) is 20.4 Å². The molecule has 0 radical (unpaired) electrons. The molecule has 136 valence electrons. The highest BCUT2D eigenvalue weighted by Gasteiger charge is 2.39. The maximum atomic E-state index is 12.9. The molecule has 0 atom stereocenters. The van der Waals surface area contributed by atoms with Crippen LogP contribution in [0.3, 0.4) is 0 Å². The third-order valence-electron chi connectivity index (χ3n) is 3.19. The highest BCUT2D eigenvalue weighted by Crippen LogP contribution is 2.37. The van der Waals surface area contributed by atoms with Crippen LogP contribution in [0.25, 0.3) is 0 Å². The molecular weight excluding hydrogens is 374 g/mol. The van der Waals surface area contributed by atoms with E-state index >= 15 is 0 Å². The molecule has 0 saturated heterocycles. The van der Waals surface area contributed by atoms with Gasteiger partial charge in [0.25, 0.3) is 10.0 Å². The monoisotopic (exact) mass is 384 g/mol. The zero-order valence-corrected chi connectivity index (χ0v) is 13.2. The first-order valence-corrected chi connectivity index (χ1v) is 7.97. The highest BCUT2D eigenvalue weighted by atomic mass is 32.2. The van der Waals surface area contributed by atoms with Gasteiger partial charge < -0.3 is 0 Å². The lowest BCUT2D eigenvalue weighted by molar-refractivity contribution is -0.143. The molecular formula is C14H10F6N2O2S. The predicted octanol–water partition coefficient (Wildman–Crippen LogP) is 3.94. The van der Waals surface area contributed by atoms with Crippen LogP contribution in [0.5, 0.6) is 0 Å². The van der Waals surface area contributed by atoms with E-state index in [1.165, 1.54) is 24.4 Å². The number of halogens is 6. The first-order valence-electron chi connectivity index (χ1n) is 6.53. The van der Waals surface area contributed by atoms with Gasteiger partial charge in [-0.25, -0.2) is 13.4 Å². The van der Waals surface area contributed by atoms with Crippen molar-refractivity contribution >= 4 is 15.8 Å². The smallest absolute Gasteiger partial charge is 0.253 e. The Kier molecular flexibility index (Phi) is 4.73. The Labute approximate surface area is 138 Å². The van der Waals surface area contributed by atoms with Gasteiger partial charge in [0.2, 0.25) is 0 Å². The molecule has 0 bridgehead atoms. The summed E-state index contributed by atoms with van der Waals surface area (Å²) in [4.78, 5) is 2.58. The van der Waals surface area contributed by atoms with Gasteiger partial charge >= 0.3 is 12.4 Å². The number of hydrogen-bond donors (Lipinski definition) is 0. The second-order valence-corrected chi connectivity index (χ2v) is 6.87. The zero-order valence-electron chi connectivity index (χ0n) is 12.4. The molecule has 25 heavy (non-hydrogen) atoms. The summed E-state index contributed by atoms with van der Waals surface area (Å²) >= 11 is 0. The van der Waals surface area contributed by atoms with Crippen LogP contribution in [0.2, 0.25) is 0 Å². The minimum Gasteiger partial charge on any atom is -0.253 e. The predicted molar refractivity (Wildman–Crippen MR) is 76.3 cm³/mol. The lowest BCUT2D eigenvalue weighted by Crippen LogP contribution is -2.28. The molecule has 0 saturated carbocycles. The van der Waals surface area contributed by atoms with Crippen molar-refractivity contribution < 1.29 is 34.8 Å². The summed E-state index contributed by atoms with van der Waals surface area (Å²) in [7, 11) is -3.71. The van der Waals surface area contributed by atoms with E-state index in [1.54, 1.807) is 0 Å². The van der Waals surface area contributed by atoms with Crippen LogP contribution in [0.4, 0.5) is 32.2 Å². The zero-order chi connectivity index (χ0) is 19.0. The van der Waals surface area contributed by atoms with Crippen molar-refractivity contribution in [3.05, 3.63) is 53.7 Å². The summed E-state index contributed by atoms with van der Waals surface area (Å²) < 4.78 is 103. The lowest BCUT2D eigenvalue weighted by atomic mass is 10.1. The van der Waals surface area contributed by atoms with Crippen LogP contribution in [0.15, 0.2) is 47.5 Å². The number of anilines is 1. The number of rotatable bonds is 3. The van der Waals surface area contributed by atoms with E-state index in [0.29, 0.717) is 4.31 Å². The Hall–Kier alpha value is -2.30. The SMILES string of the molecule is CN(c1ccccn1)S(=O)(=O)c1cc(C(F)(F)F)cc(C(F)(F)F)c1. The van der Waals surface area contributed by atoms with Gasteiger partial charge in [-0.1, -0.05) is 6.07 Å². The number of hydrogen-bond acceptors (Lipinski definition) is 3. The molecule has 0 fully saturated rings. The quantitative estimate of drug-likeness (QED) is 0.754. The van der Waals surface area contributed by atoms with Gasteiger partial charge in [-0.2, -0.15) is 26.3 Å². The standard InChI is InChI=1S/C14H10F6N2O2S/c1-22(12-4-2-3-5-21-12)25(23,24)11-7-9(13(15,16)17)6-10(8-11)14(18,19)20/h2-8H,1H3. The Morgan fingerprint density at radius 3 is 1.84 bits per heavy atom. The fourth-order valence-electron chi connectivity index (χ4n) is 1.90. The molecule has 2 aromatic rings. The first kappa shape index (κ1) is 19.0. The van der Waals surface area contributed by atoms with E-state index < -0.39 is 38.4 Å². The number of benzene rings is 1. The van der Waals surface area contributed by atoms with Crippen LogP contribution < -0.4 is 4.31 Å². The number of alkyl halides is 6. The molecule has 11 heteroatoms. The van der Waals surface area contributed by atoms with Crippen molar-refractivity contribution in [3.63, 3.8) is 0 Å². The summed E-state index contributed by atoms with van der Waals surface area (Å²) in [6.45, 7) is 0. The Balaban J connectivity index is 2.64. The maximum absolute atomic E-state index is 12.9. The fraction of sp³-hybridized carbons (Fsp3) is 0.214. The maximum Gasteiger partial charge on any atom is 0.416 e. The van der Waals surface area contributed by atoms with Gasteiger partial charge in [0.05, 0.1) is 16.0 Å². The summed E-state index contributed by atoms with van der Waals surface area (Å²) in [6.07, 6.45) is -9.06. The Morgan fingerprint density at radius 2 is 1.44 bits per heavy atom. The van der Waals surface area contributed by atoms with Gasteiger partial charge in [0, 0.05) is 13.2 Å². The van der Waals surface area contributed by atoms with Crippen molar-refractivity contribution in [3.8, 4) is 0 Å². The molecule has 2 rings (SSSR count). The molecule has 0 N–H and O–H groups in total. The minimum atomic E-state index is -5.14. The third kappa shape index (κ3) is 4.03. The van der Waals surface area contributed by atoms with Crippen molar-refractivity contribution in [1.82, 2.24) is 4.98 Å². The lowest BCUT2D eigenvalue weighted by Gasteiger charge is -2.20. The Morgan fingerprint density at radius 1 is 0.920 bits per heavy atom. The van der Waals surface area contributed by atoms with Crippen LogP contribution in [0.1, 0.15) is 11.1 Å². The van der Waals surface area contributed by atoms with Crippen molar-refractivity contribution in [2.75, 3.05) is 11.4 Å². The van der Waals surface area contributed by atoms with Crippen molar-refractivity contribution in [2.45, 2.75) is 17.2 Å². The summed E-state index contributed by atoms with van der Waals surface area (Å²) in [6, 6.07) is 4.31. The minimum absolute atomic E-state index is 0.139. The molecule has 1 aromatic carbocycles. The Bertz CT molecular complexity index is 831. The van der Waals surface area contributed by atoms with Crippen molar-refractivity contribution in [1.29, 1.82) is 0 Å². The molecule has 0 spiro atoms. The summed E-state index contributed by atoms with van der Waals surface area (Å²) in [5, 5.41) is 0. The third-order valence-corrected chi connectivity index (χ3v) is 4.93. The molecule has 1 heterocycles. The molecule has 0 aliphatic rings. The first-order chi connectivity index (χ1) is 11.3. The average molecular weight is 384 g/mol. The van der Waals surface area contributed by atoms with Gasteiger partial charge in [0.15, 0.2) is 0 Å². The normalized spacial score (nSPS) is 12.9. The molecule has 0 aliphatic carbocycles. The fourth-order valence-corrected chi connectivity index (χ4v) is 3.12. The highest BCUT2D eigenvalue weighted by molar-refractivity contribution is 7.92. The van der Waals surface area contributed by atoms with Gasteiger partial charge in [0.1, 0.15) is 5.82 Å². The molecule has 4 nitrogen and oxygen atoms in total. The summed E-state index contributed by atoms with van der Waals surface area (Å²) in [5.41, 5.74) is -3.43. The van der Waals surface area contributed by atoms with E-state index in [0.717, 1.165) is 7.05 Å². The molecule has 0 unspecified atom stereocenters. The largest absolute Gasteiger partial charge is 0.416 e. The molecule has 0 aliphatic heterocycles. The van der Waals surface area contributed by atoms with E-state index in [1.807, 2.05) is 0 Å². The second-order valence-electron chi connectivity index (χ2n) is 4.90. The van der Waals surface area contributed by atoms with Crippen LogP contribution in [-0.2, 0) is 22.4 Å². The van der Waals surface area contributed by atoms with E-state index in [4.69, 9.17) is 0 Å². The summed E-state index contributed by atoms with van der Waals surface area (Å²) in [5.74, 6) is -0.159. The number of aromatic nitrogens is 1. The van der Waals surface area contributed by atoms with E-state index in [-0.39, 0.29) is 24.0 Å². The van der Waals surface area contributed by atoms with Gasteiger partial charge in [-0.15, -0.1) is 0 Å². The average Bonchev–Trinajstić information content (AvgIpc) is 2.53. The van der Waals surface area contributed by atoms with Gasteiger partial charge in [-0.05, 0) is 30.3 Å². The number of pyridine rings is 1. The van der Waals surface area contributed by atoms with Crippen molar-refractivity contribution in [2.24, 2.45) is 0 Å². The second kappa shape index (κ2) is 6.21. The molecule has 0 amide bonds. The van der Waals surface area contributed by atoms with Crippen LogP contribution >= 0.6 is 0 Å². The van der Waals surface area contributed by atoms with Crippen LogP contribution in [0, 0.1) is 0 Å². The van der Waals surface area contributed by atoms with Gasteiger partial charge in [-0.3, -0.25) is 4.31 Å².